The lowest BCUT2D eigenvalue weighted by atomic mass is 10.2. The molecule has 5 heteroatoms. The fourth-order valence-corrected chi connectivity index (χ4v) is 1.30. The Morgan fingerprint density at radius 1 is 1.00 bits per heavy atom. The van der Waals surface area contributed by atoms with Crippen LogP contribution in [0.5, 0.6) is 0 Å². The van der Waals surface area contributed by atoms with E-state index in [2.05, 4.69) is 12.2 Å². The highest BCUT2D eigenvalue weighted by atomic mass is 16.6. The van der Waals surface area contributed by atoms with Crippen LogP contribution in [0.3, 0.4) is 0 Å². The largest absolute Gasteiger partial charge is 0.464 e. The van der Waals surface area contributed by atoms with Gasteiger partial charge >= 0.3 is 12.1 Å². The molecule has 0 radical (unpaired) electrons. The van der Waals surface area contributed by atoms with Gasteiger partial charge < -0.3 is 14.8 Å². The Kier molecular flexibility index (Phi) is 10.1. The van der Waals surface area contributed by atoms with E-state index in [0.717, 1.165) is 32.1 Å². The first-order chi connectivity index (χ1) is 8.61. The molecule has 0 rings (SSSR count). The minimum atomic E-state index is -0.666. The highest BCUT2D eigenvalue weighted by Crippen LogP contribution is 2.00. The molecule has 0 aliphatic carbocycles. The topological polar surface area (TPSA) is 64.6 Å². The lowest BCUT2D eigenvalue weighted by Crippen LogP contribution is -2.40. The summed E-state index contributed by atoms with van der Waals surface area (Å²) in [6, 6.07) is -0.666. The smallest absolute Gasteiger partial charge is 0.407 e. The predicted octanol–water partition coefficient (Wildman–Crippen LogP) is 2.63. The van der Waals surface area contributed by atoms with Crippen molar-refractivity contribution in [1.29, 1.82) is 0 Å². The van der Waals surface area contributed by atoms with E-state index < -0.39 is 18.1 Å². The Morgan fingerprint density at radius 2 is 1.72 bits per heavy atom. The summed E-state index contributed by atoms with van der Waals surface area (Å²) in [5, 5.41) is 2.43. The molecule has 0 fully saturated rings. The van der Waals surface area contributed by atoms with Gasteiger partial charge in [0.25, 0.3) is 0 Å². The molecular formula is C13H25NO4. The van der Waals surface area contributed by atoms with E-state index in [9.17, 15) is 9.59 Å². The zero-order valence-electron chi connectivity index (χ0n) is 11.7. The second-order valence-electron chi connectivity index (χ2n) is 4.23. The van der Waals surface area contributed by atoms with E-state index >= 15 is 0 Å². The summed E-state index contributed by atoms with van der Waals surface area (Å²) < 4.78 is 9.86. The standard InChI is InChI=1S/C13H25NO4/c1-4-6-7-8-10-17-12(15)11(3)14-13(16)18-9-5-2/h11H,4-10H2,1-3H3,(H,14,16). The quantitative estimate of drug-likeness (QED) is 0.510. The van der Waals surface area contributed by atoms with Crippen LogP contribution >= 0.6 is 0 Å². The summed E-state index contributed by atoms with van der Waals surface area (Å²) >= 11 is 0. The Bertz CT molecular complexity index is 243. The number of amides is 1. The number of esters is 1. The predicted molar refractivity (Wildman–Crippen MR) is 69.3 cm³/mol. The second kappa shape index (κ2) is 10.9. The van der Waals surface area contributed by atoms with Gasteiger partial charge in [-0.3, -0.25) is 0 Å². The van der Waals surface area contributed by atoms with Gasteiger partial charge in [0.2, 0.25) is 0 Å². The lowest BCUT2D eigenvalue weighted by Gasteiger charge is -2.13. The molecule has 1 amide bonds. The van der Waals surface area contributed by atoms with Gasteiger partial charge in [-0.25, -0.2) is 9.59 Å². The van der Waals surface area contributed by atoms with E-state index in [1.54, 1.807) is 6.92 Å². The van der Waals surface area contributed by atoms with Gasteiger partial charge in [0, 0.05) is 0 Å². The van der Waals surface area contributed by atoms with Crippen molar-refractivity contribution in [3.8, 4) is 0 Å². The van der Waals surface area contributed by atoms with Crippen molar-refractivity contribution in [2.75, 3.05) is 13.2 Å². The number of hydrogen-bond donors (Lipinski definition) is 1. The van der Waals surface area contributed by atoms with E-state index in [1.807, 2.05) is 6.92 Å². The fourth-order valence-electron chi connectivity index (χ4n) is 1.30. The summed E-state index contributed by atoms with van der Waals surface area (Å²) in [7, 11) is 0. The molecule has 1 N–H and O–H groups in total. The van der Waals surface area contributed by atoms with E-state index in [-0.39, 0.29) is 0 Å². The average molecular weight is 259 g/mol. The Balaban J connectivity index is 3.65. The highest BCUT2D eigenvalue weighted by molar-refractivity contribution is 5.80. The van der Waals surface area contributed by atoms with Crippen LogP contribution < -0.4 is 5.32 Å². The molecule has 0 aliphatic rings. The van der Waals surface area contributed by atoms with Gasteiger partial charge in [-0.1, -0.05) is 33.1 Å². The van der Waals surface area contributed by atoms with Crippen molar-refractivity contribution in [1.82, 2.24) is 5.32 Å². The van der Waals surface area contributed by atoms with Crippen molar-refractivity contribution in [3.63, 3.8) is 0 Å². The SMILES string of the molecule is CCCCCCOC(=O)C(C)NC(=O)OCCC. The molecule has 0 bridgehead atoms. The van der Waals surface area contributed by atoms with Gasteiger partial charge in [0.15, 0.2) is 0 Å². The first-order valence-corrected chi connectivity index (χ1v) is 6.71. The zero-order chi connectivity index (χ0) is 13.8. The number of carbonyl (C=O) groups excluding carboxylic acids is 2. The van der Waals surface area contributed by atoms with Crippen LogP contribution in [0, 0.1) is 0 Å². The molecule has 1 unspecified atom stereocenters. The van der Waals surface area contributed by atoms with Crippen molar-refractivity contribution in [2.24, 2.45) is 0 Å². The summed E-state index contributed by atoms with van der Waals surface area (Å²) in [4.78, 5) is 22.7. The first kappa shape index (κ1) is 16.7. The highest BCUT2D eigenvalue weighted by Gasteiger charge is 2.17. The van der Waals surface area contributed by atoms with Gasteiger partial charge in [0.1, 0.15) is 6.04 Å². The number of rotatable bonds is 9. The summed E-state index contributed by atoms with van der Waals surface area (Å²) in [5.41, 5.74) is 0. The third kappa shape index (κ3) is 8.84. The van der Waals surface area contributed by atoms with Gasteiger partial charge in [-0.05, 0) is 19.8 Å². The normalized spacial score (nSPS) is 11.7. The summed E-state index contributed by atoms with van der Waals surface area (Å²) in [6.07, 6.45) is 4.40. The monoisotopic (exact) mass is 259 g/mol. The van der Waals surface area contributed by atoms with Crippen LogP contribution in [0.2, 0.25) is 0 Å². The van der Waals surface area contributed by atoms with Crippen molar-refractivity contribution < 1.29 is 19.1 Å². The number of hydrogen-bond acceptors (Lipinski definition) is 4. The maximum atomic E-state index is 11.5. The molecule has 0 saturated heterocycles. The number of ether oxygens (including phenoxy) is 2. The molecule has 0 aliphatic heterocycles. The van der Waals surface area contributed by atoms with Crippen LogP contribution in [-0.2, 0) is 14.3 Å². The average Bonchev–Trinajstić information content (AvgIpc) is 2.35. The van der Waals surface area contributed by atoms with E-state index in [0.29, 0.717) is 13.2 Å². The molecular weight excluding hydrogens is 234 g/mol. The van der Waals surface area contributed by atoms with Crippen LogP contribution in [0.15, 0.2) is 0 Å². The van der Waals surface area contributed by atoms with Crippen LogP contribution in [0.25, 0.3) is 0 Å². The minimum Gasteiger partial charge on any atom is -0.464 e. The number of nitrogens with one attached hydrogen (secondary N) is 1. The second-order valence-corrected chi connectivity index (χ2v) is 4.23. The molecule has 18 heavy (non-hydrogen) atoms. The molecule has 1 atom stereocenters. The molecule has 106 valence electrons. The molecule has 0 spiro atoms. The first-order valence-electron chi connectivity index (χ1n) is 6.71. The van der Waals surface area contributed by atoms with Gasteiger partial charge in [-0.2, -0.15) is 0 Å². The van der Waals surface area contributed by atoms with Gasteiger partial charge in [0.05, 0.1) is 13.2 Å². The maximum absolute atomic E-state index is 11.5. The third-order valence-corrected chi connectivity index (χ3v) is 2.37. The molecule has 0 aromatic carbocycles. The lowest BCUT2D eigenvalue weighted by molar-refractivity contribution is -0.145. The van der Waals surface area contributed by atoms with Crippen LogP contribution in [0.4, 0.5) is 4.79 Å². The van der Waals surface area contributed by atoms with Crippen LogP contribution in [0.1, 0.15) is 52.9 Å². The zero-order valence-corrected chi connectivity index (χ0v) is 11.7. The summed E-state index contributed by atoms with van der Waals surface area (Å²) in [5.74, 6) is -0.417. The van der Waals surface area contributed by atoms with Crippen molar-refractivity contribution in [2.45, 2.75) is 58.9 Å². The number of unbranched alkanes of at least 4 members (excludes halogenated alkanes) is 3. The number of carbonyl (C=O) groups is 2. The molecule has 0 aromatic heterocycles. The van der Waals surface area contributed by atoms with Crippen molar-refractivity contribution in [3.05, 3.63) is 0 Å². The minimum absolute atomic E-state index is 0.352. The molecule has 5 nitrogen and oxygen atoms in total. The fraction of sp³-hybridized carbons (Fsp3) is 0.846. The van der Waals surface area contributed by atoms with Gasteiger partial charge in [-0.15, -0.1) is 0 Å². The van der Waals surface area contributed by atoms with E-state index in [1.165, 1.54) is 0 Å². The summed E-state index contributed by atoms with van der Waals surface area (Å²) in [6.45, 7) is 6.38. The molecule has 0 heterocycles. The Morgan fingerprint density at radius 3 is 2.33 bits per heavy atom. The Hall–Kier alpha value is -1.26. The molecule has 0 saturated carbocycles. The van der Waals surface area contributed by atoms with E-state index in [4.69, 9.17) is 9.47 Å². The Labute approximate surface area is 109 Å². The van der Waals surface area contributed by atoms with Crippen LogP contribution in [-0.4, -0.2) is 31.3 Å². The third-order valence-electron chi connectivity index (χ3n) is 2.37. The molecule has 0 aromatic rings. The van der Waals surface area contributed by atoms with Crippen molar-refractivity contribution >= 4 is 12.1 Å². The number of alkyl carbamates (subject to hydrolysis) is 1. The maximum Gasteiger partial charge on any atom is 0.407 e.